The zero-order valence-corrected chi connectivity index (χ0v) is 9.80. The third-order valence-electron chi connectivity index (χ3n) is 3.43. The van der Waals surface area contributed by atoms with Crippen LogP contribution in [0.25, 0.3) is 0 Å². The highest BCUT2D eigenvalue weighted by Crippen LogP contribution is 2.50. The monoisotopic (exact) mass is 228 g/mol. The van der Waals surface area contributed by atoms with Crippen LogP contribution in [0.3, 0.4) is 0 Å². The highest BCUT2D eigenvalue weighted by molar-refractivity contribution is 6.25. The van der Waals surface area contributed by atoms with Gasteiger partial charge in [-0.3, -0.25) is 4.79 Å². The molecule has 2 aliphatic carbocycles. The van der Waals surface area contributed by atoms with Gasteiger partial charge in [0.1, 0.15) is 0 Å². The molecule has 2 nitrogen and oxygen atoms in total. The SMILES string of the molecule is CC1(C(=O)OCC2CC=CCC2)CC1Cl. The van der Waals surface area contributed by atoms with E-state index >= 15 is 0 Å². The molecule has 0 aromatic rings. The van der Waals surface area contributed by atoms with Gasteiger partial charge >= 0.3 is 5.97 Å². The van der Waals surface area contributed by atoms with Gasteiger partial charge in [0.25, 0.3) is 0 Å². The Bertz CT molecular complexity index is 287. The molecule has 2 rings (SSSR count). The fourth-order valence-electron chi connectivity index (χ4n) is 1.89. The maximum atomic E-state index is 11.7. The van der Waals surface area contributed by atoms with Gasteiger partial charge in [-0.15, -0.1) is 11.6 Å². The number of hydrogen-bond acceptors (Lipinski definition) is 2. The first-order valence-electron chi connectivity index (χ1n) is 5.59. The molecule has 0 radical (unpaired) electrons. The lowest BCUT2D eigenvalue weighted by molar-refractivity contribution is -0.150. The van der Waals surface area contributed by atoms with Crippen molar-refractivity contribution in [1.29, 1.82) is 0 Å². The number of ether oxygens (including phenoxy) is 1. The van der Waals surface area contributed by atoms with E-state index in [0.717, 1.165) is 25.7 Å². The zero-order chi connectivity index (χ0) is 10.9. The molecule has 3 atom stereocenters. The number of halogens is 1. The van der Waals surface area contributed by atoms with Gasteiger partial charge in [0.15, 0.2) is 0 Å². The van der Waals surface area contributed by atoms with Crippen LogP contribution < -0.4 is 0 Å². The fourth-order valence-corrected chi connectivity index (χ4v) is 2.30. The number of rotatable bonds is 3. The molecule has 2 aliphatic rings. The van der Waals surface area contributed by atoms with Crippen LogP contribution in [0.5, 0.6) is 0 Å². The van der Waals surface area contributed by atoms with E-state index in [4.69, 9.17) is 16.3 Å². The smallest absolute Gasteiger partial charge is 0.313 e. The molecule has 1 fully saturated rings. The Morgan fingerprint density at radius 3 is 2.87 bits per heavy atom. The maximum Gasteiger partial charge on any atom is 0.313 e. The van der Waals surface area contributed by atoms with Gasteiger partial charge < -0.3 is 4.74 Å². The van der Waals surface area contributed by atoms with Gasteiger partial charge in [0.2, 0.25) is 0 Å². The second kappa shape index (κ2) is 4.17. The summed E-state index contributed by atoms with van der Waals surface area (Å²) in [7, 11) is 0. The van der Waals surface area contributed by atoms with Crippen LogP contribution in [0, 0.1) is 11.3 Å². The van der Waals surface area contributed by atoms with Crippen LogP contribution in [-0.2, 0) is 9.53 Å². The van der Waals surface area contributed by atoms with Crippen molar-refractivity contribution >= 4 is 17.6 Å². The first kappa shape index (κ1) is 11.0. The first-order valence-corrected chi connectivity index (χ1v) is 6.03. The molecule has 3 heteroatoms. The third-order valence-corrected chi connectivity index (χ3v) is 4.06. The van der Waals surface area contributed by atoms with Crippen molar-refractivity contribution in [3.8, 4) is 0 Å². The van der Waals surface area contributed by atoms with E-state index in [9.17, 15) is 4.79 Å². The fraction of sp³-hybridized carbons (Fsp3) is 0.750. The molecular formula is C12H17ClO2. The van der Waals surface area contributed by atoms with Crippen molar-refractivity contribution < 1.29 is 9.53 Å². The van der Waals surface area contributed by atoms with E-state index in [1.807, 2.05) is 6.92 Å². The van der Waals surface area contributed by atoms with Crippen molar-refractivity contribution in [2.24, 2.45) is 11.3 Å². The molecule has 15 heavy (non-hydrogen) atoms. The second-order valence-electron chi connectivity index (χ2n) is 4.84. The first-order chi connectivity index (χ1) is 7.13. The third kappa shape index (κ3) is 2.36. The number of alkyl halides is 1. The normalized spacial score (nSPS) is 38.8. The van der Waals surface area contributed by atoms with E-state index in [0.29, 0.717) is 12.5 Å². The summed E-state index contributed by atoms with van der Waals surface area (Å²) < 4.78 is 5.32. The highest BCUT2D eigenvalue weighted by atomic mass is 35.5. The molecule has 0 aromatic heterocycles. The van der Waals surface area contributed by atoms with E-state index in [1.54, 1.807) is 0 Å². The summed E-state index contributed by atoms with van der Waals surface area (Å²) >= 11 is 5.90. The summed E-state index contributed by atoms with van der Waals surface area (Å²) in [5.74, 6) is 0.395. The molecule has 0 amide bonds. The number of carbonyl (C=O) groups is 1. The van der Waals surface area contributed by atoms with Crippen molar-refractivity contribution in [3.63, 3.8) is 0 Å². The average molecular weight is 229 g/mol. The average Bonchev–Trinajstić information content (AvgIpc) is 2.86. The Labute approximate surface area is 95.6 Å². The predicted molar refractivity (Wildman–Crippen MR) is 59.8 cm³/mol. The van der Waals surface area contributed by atoms with Gasteiger partial charge in [0.05, 0.1) is 17.4 Å². The number of carbonyl (C=O) groups excluding carboxylic acids is 1. The minimum Gasteiger partial charge on any atom is -0.465 e. The molecule has 3 unspecified atom stereocenters. The van der Waals surface area contributed by atoms with Crippen molar-refractivity contribution in [2.45, 2.75) is 38.0 Å². The zero-order valence-electron chi connectivity index (χ0n) is 9.04. The lowest BCUT2D eigenvalue weighted by Crippen LogP contribution is -2.22. The lowest BCUT2D eigenvalue weighted by Gasteiger charge is -2.18. The Hall–Kier alpha value is -0.500. The van der Waals surface area contributed by atoms with Crippen LogP contribution in [-0.4, -0.2) is 18.0 Å². The molecule has 0 bridgehead atoms. The van der Waals surface area contributed by atoms with Gasteiger partial charge in [-0.05, 0) is 38.5 Å². The Morgan fingerprint density at radius 1 is 1.60 bits per heavy atom. The van der Waals surface area contributed by atoms with E-state index in [2.05, 4.69) is 12.2 Å². The van der Waals surface area contributed by atoms with Gasteiger partial charge in [-0.1, -0.05) is 12.2 Å². The van der Waals surface area contributed by atoms with Gasteiger partial charge in [0, 0.05) is 0 Å². The Kier molecular flexibility index (Phi) is 3.06. The molecule has 0 heterocycles. The topological polar surface area (TPSA) is 26.3 Å². The van der Waals surface area contributed by atoms with Gasteiger partial charge in [-0.2, -0.15) is 0 Å². The second-order valence-corrected chi connectivity index (χ2v) is 5.36. The minimum atomic E-state index is -0.397. The van der Waals surface area contributed by atoms with Crippen LogP contribution in [0.2, 0.25) is 0 Å². The summed E-state index contributed by atoms with van der Waals surface area (Å²) in [6.45, 7) is 2.44. The van der Waals surface area contributed by atoms with Crippen LogP contribution in [0.1, 0.15) is 32.6 Å². The molecule has 84 valence electrons. The standard InChI is InChI=1S/C12H17ClO2/c1-12(7-10(12)13)11(14)15-8-9-5-3-2-4-6-9/h2-3,9-10H,4-8H2,1H3. The quantitative estimate of drug-likeness (QED) is 0.422. The summed E-state index contributed by atoms with van der Waals surface area (Å²) in [6, 6.07) is 0. The number of esters is 1. The van der Waals surface area contributed by atoms with Gasteiger partial charge in [-0.25, -0.2) is 0 Å². The van der Waals surface area contributed by atoms with E-state index in [1.165, 1.54) is 0 Å². The predicted octanol–water partition coefficient (Wildman–Crippen LogP) is 2.90. The van der Waals surface area contributed by atoms with Crippen molar-refractivity contribution in [1.82, 2.24) is 0 Å². The van der Waals surface area contributed by atoms with Crippen molar-refractivity contribution in [2.75, 3.05) is 6.61 Å². The highest BCUT2D eigenvalue weighted by Gasteiger charge is 2.56. The molecule has 0 spiro atoms. The summed E-state index contributed by atoms with van der Waals surface area (Å²) in [6.07, 6.45) is 8.40. The molecule has 0 aromatic carbocycles. The summed E-state index contributed by atoms with van der Waals surface area (Å²) in [4.78, 5) is 11.7. The van der Waals surface area contributed by atoms with Crippen LogP contribution >= 0.6 is 11.6 Å². The minimum absolute atomic E-state index is 0.0174. The Balaban J connectivity index is 1.74. The lowest BCUT2D eigenvalue weighted by atomic mass is 9.95. The molecule has 0 saturated heterocycles. The molecule has 0 N–H and O–H groups in total. The number of allylic oxidation sites excluding steroid dienone is 2. The summed E-state index contributed by atoms with van der Waals surface area (Å²) in [5, 5.41) is -0.0174. The summed E-state index contributed by atoms with van der Waals surface area (Å²) in [5.41, 5.74) is -0.397. The van der Waals surface area contributed by atoms with Crippen LogP contribution in [0.15, 0.2) is 12.2 Å². The van der Waals surface area contributed by atoms with Crippen LogP contribution in [0.4, 0.5) is 0 Å². The molecular weight excluding hydrogens is 212 g/mol. The Morgan fingerprint density at radius 2 is 2.33 bits per heavy atom. The largest absolute Gasteiger partial charge is 0.465 e. The van der Waals surface area contributed by atoms with E-state index < -0.39 is 5.41 Å². The van der Waals surface area contributed by atoms with Crippen molar-refractivity contribution in [3.05, 3.63) is 12.2 Å². The maximum absolute atomic E-state index is 11.7. The molecule has 1 saturated carbocycles. The number of hydrogen-bond donors (Lipinski definition) is 0. The molecule has 0 aliphatic heterocycles. The van der Waals surface area contributed by atoms with E-state index in [-0.39, 0.29) is 11.3 Å².